The van der Waals surface area contributed by atoms with Crippen molar-refractivity contribution in [2.75, 3.05) is 0 Å². The van der Waals surface area contributed by atoms with Crippen molar-refractivity contribution in [3.8, 4) is 0 Å². The number of aliphatic hydroxyl groups is 1. The SMILES string of the molecule is CC[C@H](C)[C@H](N)C(=O)N[C@@H](CC(C)C)C(=O)N[C@H](C(=O)N[C@@H](CCC(=O)O)C(=O)O)[C@@H](C)O. The van der Waals surface area contributed by atoms with Crippen LogP contribution in [-0.2, 0) is 24.0 Å². The van der Waals surface area contributed by atoms with Gasteiger partial charge in [-0.2, -0.15) is 0 Å². The first-order valence-corrected chi connectivity index (χ1v) is 11.0. The maximum atomic E-state index is 12.9. The fourth-order valence-corrected chi connectivity index (χ4v) is 2.93. The number of nitrogens with one attached hydrogen (secondary N) is 3. The minimum atomic E-state index is -1.53. The smallest absolute Gasteiger partial charge is 0.326 e. The Balaban J connectivity index is 5.46. The summed E-state index contributed by atoms with van der Waals surface area (Å²) in [5, 5.41) is 35.1. The molecule has 0 aromatic carbocycles. The van der Waals surface area contributed by atoms with Crippen molar-refractivity contribution in [1.29, 1.82) is 0 Å². The van der Waals surface area contributed by atoms with E-state index in [-0.39, 0.29) is 24.7 Å². The van der Waals surface area contributed by atoms with Crippen LogP contribution in [0.3, 0.4) is 0 Å². The summed E-state index contributed by atoms with van der Waals surface area (Å²) >= 11 is 0. The molecule has 0 aromatic rings. The second-order valence-corrected chi connectivity index (χ2v) is 8.66. The van der Waals surface area contributed by atoms with Crippen molar-refractivity contribution in [3.05, 3.63) is 0 Å². The number of rotatable bonds is 15. The standard InChI is InChI=1S/C21H38N4O8/c1-6-11(4)16(22)19(30)24-14(9-10(2)3)18(29)25-17(12(5)26)20(31)23-13(21(32)33)7-8-15(27)28/h10-14,16-17,26H,6-9,22H2,1-5H3,(H,23,31)(H,24,30)(H,25,29)(H,27,28)(H,32,33)/t11-,12+,13-,14-,16-,17-/m0/s1. The molecule has 0 rings (SSSR count). The lowest BCUT2D eigenvalue weighted by atomic mass is 9.97. The Bertz CT molecular complexity index is 698. The molecule has 0 aliphatic rings. The Hall–Kier alpha value is -2.73. The molecule has 0 bridgehead atoms. The van der Waals surface area contributed by atoms with Crippen LogP contribution < -0.4 is 21.7 Å². The van der Waals surface area contributed by atoms with Gasteiger partial charge in [0.15, 0.2) is 0 Å². The third-order valence-electron chi connectivity index (χ3n) is 5.22. The number of hydrogen-bond acceptors (Lipinski definition) is 7. The van der Waals surface area contributed by atoms with Crippen LogP contribution in [0.1, 0.15) is 60.3 Å². The number of carbonyl (C=O) groups is 5. The first-order valence-electron chi connectivity index (χ1n) is 11.0. The summed E-state index contributed by atoms with van der Waals surface area (Å²) in [4.78, 5) is 60.0. The summed E-state index contributed by atoms with van der Waals surface area (Å²) in [6.45, 7) is 8.58. The fraction of sp³-hybridized carbons (Fsp3) is 0.762. The largest absolute Gasteiger partial charge is 0.481 e. The zero-order chi connectivity index (χ0) is 25.9. The summed E-state index contributed by atoms with van der Waals surface area (Å²) in [6, 6.07) is -4.92. The molecule has 0 aliphatic carbocycles. The van der Waals surface area contributed by atoms with Crippen molar-refractivity contribution in [3.63, 3.8) is 0 Å². The van der Waals surface area contributed by atoms with Gasteiger partial charge in [-0.3, -0.25) is 19.2 Å². The van der Waals surface area contributed by atoms with Gasteiger partial charge in [0.1, 0.15) is 18.1 Å². The molecule has 0 heterocycles. The second kappa shape index (κ2) is 14.4. The number of amides is 3. The number of carbonyl (C=O) groups excluding carboxylic acids is 3. The van der Waals surface area contributed by atoms with E-state index in [1.807, 2.05) is 20.8 Å². The molecule has 12 heteroatoms. The van der Waals surface area contributed by atoms with Gasteiger partial charge in [-0.05, 0) is 31.6 Å². The molecule has 33 heavy (non-hydrogen) atoms. The monoisotopic (exact) mass is 474 g/mol. The Kier molecular flexibility index (Phi) is 13.2. The quantitative estimate of drug-likeness (QED) is 0.158. The zero-order valence-corrected chi connectivity index (χ0v) is 19.8. The van der Waals surface area contributed by atoms with Gasteiger partial charge in [0.25, 0.3) is 0 Å². The Labute approximate surface area is 193 Å². The molecule has 0 fully saturated rings. The molecule has 190 valence electrons. The molecule has 8 N–H and O–H groups in total. The van der Waals surface area contributed by atoms with Crippen molar-refractivity contribution in [1.82, 2.24) is 16.0 Å². The summed E-state index contributed by atoms with van der Waals surface area (Å²) < 4.78 is 0. The van der Waals surface area contributed by atoms with E-state index in [2.05, 4.69) is 16.0 Å². The van der Waals surface area contributed by atoms with Crippen LogP contribution in [0, 0.1) is 11.8 Å². The molecule has 0 saturated carbocycles. The summed E-state index contributed by atoms with van der Waals surface area (Å²) in [5.41, 5.74) is 5.94. The Morgan fingerprint density at radius 3 is 1.82 bits per heavy atom. The van der Waals surface area contributed by atoms with Gasteiger partial charge in [-0.15, -0.1) is 0 Å². The molecule has 0 unspecified atom stereocenters. The highest BCUT2D eigenvalue weighted by Crippen LogP contribution is 2.10. The number of aliphatic carboxylic acids is 2. The minimum Gasteiger partial charge on any atom is -0.481 e. The molecule has 0 aliphatic heterocycles. The molecule has 0 radical (unpaired) electrons. The third kappa shape index (κ3) is 11.1. The molecule has 0 spiro atoms. The van der Waals surface area contributed by atoms with Crippen molar-refractivity contribution < 1.29 is 39.3 Å². The lowest BCUT2D eigenvalue weighted by Gasteiger charge is -2.27. The van der Waals surface area contributed by atoms with Crippen molar-refractivity contribution >= 4 is 29.7 Å². The average Bonchev–Trinajstić information content (AvgIpc) is 2.71. The van der Waals surface area contributed by atoms with E-state index in [0.29, 0.717) is 6.42 Å². The van der Waals surface area contributed by atoms with E-state index in [9.17, 15) is 34.2 Å². The van der Waals surface area contributed by atoms with Crippen LogP contribution in [0.2, 0.25) is 0 Å². The van der Waals surface area contributed by atoms with Crippen molar-refractivity contribution in [2.24, 2.45) is 17.6 Å². The van der Waals surface area contributed by atoms with Crippen LogP contribution in [0.15, 0.2) is 0 Å². The predicted octanol–water partition coefficient (Wildman–Crippen LogP) is -0.809. The number of hydrogen-bond donors (Lipinski definition) is 7. The molecule has 0 aromatic heterocycles. The highest BCUT2D eigenvalue weighted by molar-refractivity contribution is 5.94. The Morgan fingerprint density at radius 1 is 0.848 bits per heavy atom. The summed E-state index contributed by atoms with van der Waals surface area (Å²) in [7, 11) is 0. The molecular formula is C21H38N4O8. The van der Waals surface area contributed by atoms with Gasteiger partial charge in [-0.25, -0.2) is 4.79 Å². The lowest BCUT2D eigenvalue weighted by Crippen LogP contribution is -2.60. The van der Waals surface area contributed by atoms with Crippen LogP contribution in [-0.4, -0.2) is 75.3 Å². The normalized spacial score (nSPS) is 16.6. The van der Waals surface area contributed by atoms with Crippen LogP contribution in [0.5, 0.6) is 0 Å². The maximum absolute atomic E-state index is 12.9. The van der Waals surface area contributed by atoms with E-state index < -0.39 is 66.4 Å². The summed E-state index contributed by atoms with van der Waals surface area (Å²) in [6.07, 6.45) is -1.39. The van der Waals surface area contributed by atoms with Gasteiger partial charge >= 0.3 is 11.9 Å². The predicted molar refractivity (Wildman–Crippen MR) is 119 cm³/mol. The molecule has 12 nitrogen and oxygen atoms in total. The van der Waals surface area contributed by atoms with Crippen LogP contribution in [0.4, 0.5) is 0 Å². The van der Waals surface area contributed by atoms with Crippen molar-refractivity contribution in [2.45, 2.75) is 90.6 Å². The van der Waals surface area contributed by atoms with Crippen LogP contribution >= 0.6 is 0 Å². The first kappa shape index (κ1) is 30.3. The van der Waals surface area contributed by atoms with Gasteiger partial charge in [0.05, 0.1) is 12.1 Å². The van der Waals surface area contributed by atoms with E-state index in [1.54, 1.807) is 6.92 Å². The number of carboxylic acids is 2. The summed E-state index contributed by atoms with van der Waals surface area (Å²) in [5.74, 6) is -5.09. The van der Waals surface area contributed by atoms with Gasteiger partial charge in [-0.1, -0.05) is 34.1 Å². The molecule has 6 atom stereocenters. The molecule has 0 saturated heterocycles. The maximum Gasteiger partial charge on any atom is 0.326 e. The van der Waals surface area contributed by atoms with Gasteiger partial charge in [0, 0.05) is 6.42 Å². The topological polar surface area (TPSA) is 208 Å². The van der Waals surface area contributed by atoms with Crippen LogP contribution in [0.25, 0.3) is 0 Å². The number of carboxylic acid groups (broad SMARTS) is 2. The van der Waals surface area contributed by atoms with E-state index in [1.165, 1.54) is 6.92 Å². The first-order chi connectivity index (χ1) is 15.2. The highest BCUT2D eigenvalue weighted by atomic mass is 16.4. The molecular weight excluding hydrogens is 436 g/mol. The Morgan fingerprint density at radius 2 is 1.39 bits per heavy atom. The third-order valence-corrected chi connectivity index (χ3v) is 5.22. The van der Waals surface area contributed by atoms with E-state index in [4.69, 9.17) is 10.8 Å². The molecule has 3 amide bonds. The van der Waals surface area contributed by atoms with E-state index in [0.717, 1.165) is 0 Å². The highest BCUT2D eigenvalue weighted by Gasteiger charge is 2.33. The van der Waals surface area contributed by atoms with Gasteiger partial charge in [0.2, 0.25) is 17.7 Å². The fourth-order valence-electron chi connectivity index (χ4n) is 2.93. The number of nitrogens with two attached hydrogens (primary N) is 1. The lowest BCUT2D eigenvalue weighted by molar-refractivity contribution is -0.144. The average molecular weight is 475 g/mol. The second-order valence-electron chi connectivity index (χ2n) is 8.66. The minimum absolute atomic E-state index is 0.00731. The van der Waals surface area contributed by atoms with Gasteiger partial charge < -0.3 is 37.0 Å². The number of aliphatic hydroxyl groups excluding tert-OH is 1. The van der Waals surface area contributed by atoms with E-state index >= 15 is 0 Å². The zero-order valence-electron chi connectivity index (χ0n) is 19.8.